The molecule has 1 saturated heterocycles. The van der Waals surface area contributed by atoms with Crippen LogP contribution in [-0.2, 0) is 10.2 Å². The Labute approximate surface area is 127 Å². The quantitative estimate of drug-likeness (QED) is 0.791. The summed E-state index contributed by atoms with van der Waals surface area (Å²) in [6.07, 6.45) is 0. The molecule has 118 valence electrons. The summed E-state index contributed by atoms with van der Waals surface area (Å²) < 4.78 is 28.5. The van der Waals surface area contributed by atoms with Gasteiger partial charge in [-0.25, -0.2) is 4.72 Å². The SMILES string of the molecule is CC(C)CNS(=O)(=O)N1CCN(c2ccccc2N)CC1. The smallest absolute Gasteiger partial charge is 0.279 e. The summed E-state index contributed by atoms with van der Waals surface area (Å²) in [5, 5.41) is 0. The second kappa shape index (κ2) is 6.64. The lowest BCUT2D eigenvalue weighted by atomic mass is 10.2. The Morgan fingerprint density at radius 1 is 1.19 bits per heavy atom. The molecule has 1 aromatic rings. The van der Waals surface area contributed by atoms with E-state index in [2.05, 4.69) is 9.62 Å². The predicted molar refractivity (Wildman–Crippen MR) is 86.4 cm³/mol. The van der Waals surface area contributed by atoms with Crippen molar-refractivity contribution in [2.75, 3.05) is 43.4 Å². The third-order valence-electron chi connectivity index (χ3n) is 3.53. The molecule has 21 heavy (non-hydrogen) atoms. The predicted octanol–water partition coefficient (Wildman–Crippen LogP) is 0.881. The molecule has 3 N–H and O–H groups in total. The maximum atomic E-state index is 12.2. The van der Waals surface area contributed by atoms with Crippen LogP contribution < -0.4 is 15.4 Å². The number of nitrogens with two attached hydrogens (primary N) is 1. The van der Waals surface area contributed by atoms with Crippen molar-refractivity contribution in [1.82, 2.24) is 9.03 Å². The molecule has 6 nitrogen and oxygen atoms in total. The number of benzene rings is 1. The van der Waals surface area contributed by atoms with Gasteiger partial charge in [-0.3, -0.25) is 0 Å². The fourth-order valence-corrected chi connectivity index (χ4v) is 3.68. The standard InChI is InChI=1S/C14H24N4O2S/c1-12(2)11-16-21(19,20)18-9-7-17(8-10-18)14-6-4-3-5-13(14)15/h3-6,12,16H,7-11,15H2,1-2H3. The molecule has 1 aliphatic rings. The Morgan fingerprint density at radius 3 is 2.38 bits per heavy atom. The van der Waals surface area contributed by atoms with Gasteiger partial charge in [0.15, 0.2) is 0 Å². The van der Waals surface area contributed by atoms with Gasteiger partial charge < -0.3 is 10.6 Å². The lowest BCUT2D eigenvalue weighted by Gasteiger charge is -2.35. The van der Waals surface area contributed by atoms with E-state index in [1.807, 2.05) is 38.1 Å². The van der Waals surface area contributed by atoms with Gasteiger partial charge in [-0.05, 0) is 18.1 Å². The molecule has 0 bridgehead atoms. The Kier molecular flexibility index (Phi) is 5.08. The van der Waals surface area contributed by atoms with Crippen molar-refractivity contribution in [2.45, 2.75) is 13.8 Å². The molecule has 0 aliphatic carbocycles. The molecular weight excluding hydrogens is 288 g/mol. The monoisotopic (exact) mass is 312 g/mol. The molecule has 0 saturated carbocycles. The fourth-order valence-electron chi connectivity index (χ4n) is 2.31. The van der Waals surface area contributed by atoms with E-state index in [9.17, 15) is 8.42 Å². The highest BCUT2D eigenvalue weighted by Crippen LogP contribution is 2.23. The molecule has 1 fully saturated rings. The van der Waals surface area contributed by atoms with E-state index in [0.717, 1.165) is 11.4 Å². The first kappa shape index (κ1) is 16.1. The van der Waals surface area contributed by atoms with Crippen molar-refractivity contribution >= 4 is 21.6 Å². The Bertz CT molecular complexity index is 566. The first-order chi connectivity index (χ1) is 9.90. The summed E-state index contributed by atoms with van der Waals surface area (Å²) in [4.78, 5) is 2.13. The van der Waals surface area contributed by atoms with E-state index in [1.54, 1.807) is 0 Å². The molecule has 1 heterocycles. The summed E-state index contributed by atoms with van der Waals surface area (Å²) in [5.41, 5.74) is 7.67. The lowest BCUT2D eigenvalue weighted by Crippen LogP contribution is -2.52. The van der Waals surface area contributed by atoms with Gasteiger partial charge in [0.25, 0.3) is 10.2 Å². The van der Waals surface area contributed by atoms with Gasteiger partial charge in [0, 0.05) is 32.7 Å². The van der Waals surface area contributed by atoms with E-state index < -0.39 is 10.2 Å². The highest BCUT2D eigenvalue weighted by molar-refractivity contribution is 7.87. The first-order valence-electron chi connectivity index (χ1n) is 7.24. The van der Waals surface area contributed by atoms with Crippen LogP contribution in [0, 0.1) is 5.92 Å². The van der Waals surface area contributed by atoms with Crippen LogP contribution in [0.3, 0.4) is 0 Å². The number of nitrogens with zero attached hydrogens (tertiary/aromatic N) is 2. The third kappa shape index (κ3) is 4.09. The number of anilines is 2. The number of hydrogen-bond donors (Lipinski definition) is 2. The number of hydrogen-bond acceptors (Lipinski definition) is 4. The zero-order valence-corrected chi connectivity index (χ0v) is 13.4. The van der Waals surface area contributed by atoms with Crippen LogP contribution in [-0.4, -0.2) is 45.4 Å². The minimum Gasteiger partial charge on any atom is -0.397 e. The highest BCUT2D eigenvalue weighted by Gasteiger charge is 2.27. The van der Waals surface area contributed by atoms with Gasteiger partial charge in [-0.1, -0.05) is 26.0 Å². The van der Waals surface area contributed by atoms with Crippen LogP contribution in [0.2, 0.25) is 0 Å². The number of piperazine rings is 1. The molecular formula is C14H24N4O2S. The molecule has 0 radical (unpaired) electrons. The zero-order chi connectivity index (χ0) is 15.5. The summed E-state index contributed by atoms with van der Waals surface area (Å²) in [6, 6.07) is 7.67. The topological polar surface area (TPSA) is 78.7 Å². The van der Waals surface area contributed by atoms with Crippen molar-refractivity contribution in [1.29, 1.82) is 0 Å². The van der Waals surface area contributed by atoms with Crippen LogP contribution in [0.25, 0.3) is 0 Å². The largest absolute Gasteiger partial charge is 0.397 e. The second-order valence-electron chi connectivity index (χ2n) is 5.69. The van der Waals surface area contributed by atoms with Crippen LogP contribution in [0.4, 0.5) is 11.4 Å². The Balaban J connectivity index is 1.96. The molecule has 0 aromatic heterocycles. The highest BCUT2D eigenvalue weighted by atomic mass is 32.2. The lowest BCUT2D eigenvalue weighted by molar-refractivity contribution is 0.376. The van der Waals surface area contributed by atoms with Gasteiger partial charge in [-0.15, -0.1) is 0 Å². The molecule has 2 rings (SSSR count). The Hall–Kier alpha value is -1.31. The maximum Gasteiger partial charge on any atom is 0.279 e. The van der Waals surface area contributed by atoms with Crippen molar-refractivity contribution in [3.05, 3.63) is 24.3 Å². The van der Waals surface area contributed by atoms with E-state index in [4.69, 9.17) is 5.73 Å². The summed E-state index contributed by atoms with van der Waals surface area (Å²) >= 11 is 0. The minimum atomic E-state index is -3.37. The van der Waals surface area contributed by atoms with Gasteiger partial charge in [0.05, 0.1) is 11.4 Å². The van der Waals surface area contributed by atoms with E-state index in [-0.39, 0.29) is 0 Å². The van der Waals surface area contributed by atoms with E-state index >= 15 is 0 Å². The molecule has 0 amide bonds. The third-order valence-corrected chi connectivity index (χ3v) is 5.11. The molecule has 7 heteroatoms. The van der Waals surface area contributed by atoms with Crippen LogP contribution in [0.15, 0.2) is 24.3 Å². The Morgan fingerprint density at radius 2 is 1.81 bits per heavy atom. The molecule has 1 aromatic carbocycles. The summed E-state index contributed by atoms with van der Waals surface area (Å²) in [5.74, 6) is 0.296. The van der Waals surface area contributed by atoms with E-state index in [1.165, 1.54) is 4.31 Å². The van der Waals surface area contributed by atoms with E-state index in [0.29, 0.717) is 38.6 Å². The van der Waals surface area contributed by atoms with Crippen LogP contribution >= 0.6 is 0 Å². The molecule has 0 unspecified atom stereocenters. The molecule has 0 atom stereocenters. The van der Waals surface area contributed by atoms with Gasteiger partial charge >= 0.3 is 0 Å². The minimum absolute atomic E-state index is 0.296. The van der Waals surface area contributed by atoms with Gasteiger partial charge in [-0.2, -0.15) is 12.7 Å². The fraction of sp³-hybridized carbons (Fsp3) is 0.571. The number of rotatable bonds is 5. The average molecular weight is 312 g/mol. The van der Waals surface area contributed by atoms with Crippen molar-refractivity contribution in [2.24, 2.45) is 5.92 Å². The first-order valence-corrected chi connectivity index (χ1v) is 8.68. The number of nitrogen functional groups attached to an aromatic ring is 1. The normalized spacial score (nSPS) is 17.4. The molecule has 1 aliphatic heterocycles. The second-order valence-corrected chi connectivity index (χ2v) is 7.45. The molecule has 0 spiro atoms. The van der Waals surface area contributed by atoms with Crippen LogP contribution in [0.1, 0.15) is 13.8 Å². The van der Waals surface area contributed by atoms with Crippen LogP contribution in [0.5, 0.6) is 0 Å². The maximum absolute atomic E-state index is 12.2. The zero-order valence-electron chi connectivity index (χ0n) is 12.6. The van der Waals surface area contributed by atoms with Gasteiger partial charge in [0.2, 0.25) is 0 Å². The van der Waals surface area contributed by atoms with Gasteiger partial charge in [0.1, 0.15) is 0 Å². The summed E-state index contributed by atoms with van der Waals surface area (Å²) in [6.45, 7) is 6.68. The average Bonchev–Trinajstić information content (AvgIpc) is 2.46. The number of para-hydroxylation sites is 2. The summed E-state index contributed by atoms with van der Waals surface area (Å²) in [7, 11) is -3.37. The number of nitrogens with one attached hydrogen (secondary N) is 1. The van der Waals surface area contributed by atoms with Crippen molar-refractivity contribution < 1.29 is 8.42 Å². The van der Waals surface area contributed by atoms with Crippen molar-refractivity contribution in [3.63, 3.8) is 0 Å². The van der Waals surface area contributed by atoms with Crippen molar-refractivity contribution in [3.8, 4) is 0 Å².